The highest BCUT2D eigenvalue weighted by atomic mass is 14.4. The van der Waals surface area contributed by atoms with E-state index in [2.05, 4.69) is 6.92 Å². The van der Waals surface area contributed by atoms with Crippen molar-refractivity contribution in [2.24, 2.45) is 5.92 Å². The molecule has 2 aliphatic carbocycles. The third-order valence-electron chi connectivity index (χ3n) is 3.00. The second-order valence-electron chi connectivity index (χ2n) is 3.67. The van der Waals surface area contributed by atoms with Gasteiger partial charge in [0.1, 0.15) is 0 Å². The molecule has 0 aromatic heterocycles. The van der Waals surface area contributed by atoms with Crippen LogP contribution in [-0.2, 0) is 0 Å². The molecule has 56 valence electrons. The number of rotatable bonds is 2. The van der Waals surface area contributed by atoms with Crippen molar-refractivity contribution in [2.75, 3.05) is 0 Å². The molecule has 1 atom stereocenters. The second-order valence-corrected chi connectivity index (χ2v) is 3.67. The summed E-state index contributed by atoms with van der Waals surface area (Å²) in [4.78, 5) is 0. The molecule has 0 heterocycles. The van der Waals surface area contributed by atoms with Crippen LogP contribution in [0, 0.1) is 5.92 Å². The maximum absolute atomic E-state index is 2.30. The van der Waals surface area contributed by atoms with Crippen molar-refractivity contribution in [3.63, 3.8) is 0 Å². The van der Waals surface area contributed by atoms with Crippen LogP contribution >= 0.6 is 0 Å². The van der Waals surface area contributed by atoms with Crippen molar-refractivity contribution >= 4 is 0 Å². The Morgan fingerprint density at radius 2 is 2.30 bits per heavy atom. The van der Waals surface area contributed by atoms with E-state index in [-0.39, 0.29) is 0 Å². The Bertz CT molecular complexity index is 165. The molecule has 0 bridgehead atoms. The summed E-state index contributed by atoms with van der Waals surface area (Å²) in [6.07, 6.45) is 8.64. The van der Waals surface area contributed by atoms with Gasteiger partial charge in [-0.15, -0.1) is 0 Å². The van der Waals surface area contributed by atoms with Gasteiger partial charge in [-0.25, -0.2) is 0 Å². The summed E-state index contributed by atoms with van der Waals surface area (Å²) in [5.74, 6) is 1.03. The Hall–Kier alpha value is -0.260. The van der Waals surface area contributed by atoms with Crippen molar-refractivity contribution < 1.29 is 0 Å². The minimum absolute atomic E-state index is 1.03. The lowest BCUT2D eigenvalue weighted by Crippen LogP contribution is -2.14. The topological polar surface area (TPSA) is 0 Å². The molecule has 0 spiro atoms. The van der Waals surface area contributed by atoms with Crippen molar-refractivity contribution in [3.05, 3.63) is 11.1 Å². The quantitative estimate of drug-likeness (QED) is 0.511. The van der Waals surface area contributed by atoms with Gasteiger partial charge in [0, 0.05) is 0 Å². The van der Waals surface area contributed by atoms with Gasteiger partial charge < -0.3 is 0 Å². The van der Waals surface area contributed by atoms with Crippen molar-refractivity contribution in [1.29, 1.82) is 0 Å². The average molecular weight is 136 g/mol. The molecule has 0 saturated carbocycles. The molecule has 2 aliphatic rings. The van der Waals surface area contributed by atoms with Gasteiger partial charge in [-0.05, 0) is 38.0 Å². The number of allylic oxidation sites excluding steroid dienone is 2. The first-order chi connectivity index (χ1) is 4.92. The third kappa shape index (κ3) is 0.817. The molecule has 0 nitrogen and oxygen atoms in total. The Kier molecular flexibility index (Phi) is 1.55. The first kappa shape index (κ1) is 6.45. The van der Waals surface area contributed by atoms with E-state index in [1.54, 1.807) is 0 Å². The zero-order chi connectivity index (χ0) is 6.97. The maximum atomic E-state index is 2.30. The summed E-state index contributed by atoms with van der Waals surface area (Å²) >= 11 is 0. The van der Waals surface area contributed by atoms with E-state index in [4.69, 9.17) is 0 Å². The molecule has 0 radical (unpaired) electrons. The fourth-order valence-corrected chi connectivity index (χ4v) is 2.47. The minimum Gasteiger partial charge on any atom is -0.0701 e. The molecular formula is C10H16. The molecule has 2 rings (SSSR count). The van der Waals surface area contributed by atoms with Crippen LogP contribution in [0.4, 0.5) is 0 Å². The Balaban J connectivity index is 1.96. The first-order valence-corrected chi connectivity index (χ1v) is 4.62. The highest BCUT2D eigenvalue weighted by Gasteiger charge is 2.30. The maximum Gasteiger partial charge on any atom is -0.0163 e. The summed E-state index contributed by atoms with van der Waals surface area (Å²) in [5.41, 5.74) is 3.69. The normalized spacial score (nSPS) is 30.3. The molecule has 0 fully saturated rings. The molecule has 0 heteroatoms. The Morgan fingerprint density at radius 1 is 1.40 bits per heavy atom. The average Bonchev–Trinajstić information content (AvgIpc) is 2.26. The van der Waals surface area contributed by atoms with Crippen LogP contribution in [0.2, 0.25) is 0 Å². The lowest BCUT2D eigenvalue weighted by Gasteiger charge is -2.29. The fourth-order valence-electron chi connectivity index (χ4n) is 2.47. The van der Waals surface area contributed by atoms with Gasteiger partial charge in [-0.1, -0.05) is 24.5 Å². The molecular weight excluding hydrogens is 120 g/mol. The summed E-state index contributed by atoms with van der Waals surface area (Å²) in [7, 11) is 0. The van der Waals surface area contributed by atoms with Gasteiger partial charge in [-0.3, -0.25) is 0 Å². The van der Waals surface area contributed by atoms with E-state index in [1.807, 2.05) is 11.1 Å². The SMILES string of the molecule is CCCC1CC2=C1CCC2. The highest BCUT2D eigenvalue weighted by Crippen LogP contribution is 2.47. The van der Waals surface area contributed by atoms with Crippen LogP contribution in [0.5, 0.6) is 0 Å². The number of hydrogen-bond acceptors (Lipinski definition) is 0. The molecule has 0 aliphatic heterocycles. The Labute approximate surface area is 63.3 Å². The van der Waals surface area contributed by atoms with Crippen LogP contribution in [0.3, 0.4) is 0 Å². The summed E-state index contributed by atoms with van der Waals surface area (Å²) in [5, 5.41) is 0. The molecule has 1 unspecified atom stereocenters. The van der Waals surface area contributed by atoms with Crippen molar-refractivity contribution in [3.8, 4) is 0 Å². The van der Waals surface area contributed by atoms with E-state index in [0.29, 0.717) is 0 Å². The predicted molar refractivity (Wildman–Crippen MR) is 43.9 cm³/mol. The van der Waals surface area contributed by atoms with E-state index < -0.39 is 0 Å². The highest BCUT2D eigenvalue weighted by molar-refractivity contribution is 5.32. The van der Waals surface area contributed by atoms with Crippen LogP contribution in [0.15, 0.2) is 11.1 Å². The summed E-state index contributed by atoms with van der Waals surface area (Å²) in [6.45, 7) is 2.30. The van der Waals surface area contributed by atoms with Crippen LogP contribution in [0.1, 0.15) is 45.4 Å². The van der Waals surface area contributed by atoms with Gasteiger partial charge in [0.15, 0.2) is 0 Å². The van der Waals surface area contributed by atoms with Crippen LogP contribution in [-0.4, -0.2) is 0 Å². The van der Waals surface area contributed by atoms with Gasteiger partial charge in [-0.2, -0.15) is 0 Å². The molecule has 0 aromatic rings. The molecule has 10 heavy (non-hydrogen) atoms. The zero-order valence-corrected chi connectivity index (χ0v) is 6.82. The largest absolute Gasteiger partial charge is 0.0701 e. The second kappa shape index (κ2) is 2.41. The monoisotopic (exact) mass is 136 g/mol. The number of hydrogen-bond donors (Lipinski definition) is 0. The standard InChI is InChI=1S/C10H16/c1-2-4-8-7-9-5-3-6-10(8)9/h8H,2-7H2,1H3. The lowest BCUT2D eigenvalue weighted by molar-refractivity contribution is 0.484. The lowest BCUT2D eigenvalue weighted by atomic mass is 9.77. The predicted octanol–water partition coefficient (Wildman–Crippen LogP) is 3.29. The van der Waals surface area contributed by atoms with E-state index in [9.17, 15) is 0 Å². The Morgan fingerprint density at radius 3 is 3.00 bits per heavy atom. The first-order valence-electron chi connectivity index (χ1n) is 4.62. The van der Waals surface area contributed by atoms with E-state index >= 15 is 0 Å². The van der Waals surface area contributed by atoms with Gasteiger partial charge in [0.05, 0.1) is 0 Å². The molecule has 0 N–H and O–H groups in total. The third-order valence-corrected chi connectivity index (χ3v) is 3.00. The van der Waals surface area contributed by atoms with Gasteiger partial charge >= 0.3 is 0 Å². The molecule has 0 aromatic carbocycles. The van der Waals surface area contributed by atoms with Crippen LogP contribution in [0.25, 0.3) is 0 Å². The van der Waals surface area contributed by atoms with Crippen LogP contribution < -0.4 is 0 Å². The van der Waals surface area contributed by atoms with Gasteiger partial charge in [0.25, 0.3) is 0 Å². The molecule has 0 saturated heterocycles. The van der Waals surface area contributed by atoms with E-state index in [1.165, 1.54) is 38.5 Å². The van der Waals surface area contributed by atoms with Crippen molar-refractivity contribution in [1.82, 2.24) is 0 Å². The zero-order valence-electron chi connectivity index (χ0n) is 6.82. The fraction of sp³-hybridized carbons (Fsp3) is 0.800. The van der Waals surface area contributed by atoms with Gasteiger partial charge in [0.2, 0.25) is 0 Å². The van der Waals surface area contributed by atoms with Crippen molar-refractivity contribution in [2.45, 2.75) is 45.4 Å². The summed E-state index contributed by atoms with van der Waals surface area (Å²) < 4.78 is 0. The summed E-state index contributed by atoms with van der Waals surface area (Å²) in [6, 6.07) is 0. The smallest absolute Gasteiger partial charge is 0.0163 e. The minimum atomic E-state index is 1.03. The molecule has 0 amide bonds. The van der Waals surface area contributed by atoms with E-state index in [0.717, 1.165) is 5.92 Å².